The van der Waals surface area contributed by atoms with E-state index in [-0.39, 0.29) is 12.5 Å². The molecule has 0 spiro atoms. The average Bonchev–Trinajstić information content (AvgIpc) is 2.76. The monoisotopic (exact) mass is 460 g/mol. The van der Waals surface area contributed by atoms with Gasteiger partial charge in [0.15, 0.2) is 18.1 Å². The maximum absolute atomic E-state index is 12.3. The van der Waals surface area contributed by atoms with E-state index in [9.17, 15) is 14.4 Å². The number of halogens is 1. The standard InChI is InChI=1S/C22H25ClN4O5/c1-4-24-21(29)22(30)27-25-12-15-7-9-18(19(10-15)31-5-2)32-13-20(28)26-17-11-16(23)8-6-14(17)3/h6-12H,4-5,13H2,1-3H3,(H,24,29)(H,26,28)(H,27,30)/b25-12-. The van der Waals surface area contributed by atoms with Crippen LogP contribution in [0.25, 0.3) is 0 Å². The third-order valence-electron chi connectivity index (χ3n) is 4.02. The second-order valence-electron chi connectivity index (χ2n) is 6.49. The minimum absolute atomic E-state index is 0.234. The van der Waals surface area contributed by atoms with Crippen molar-refractivity contribution in [2.45, 2.75) is 20.8 Å². The number of amides is 3. The molecule has 9 nitrogen and oxygen atoms in total. The van der Waals surface area contributed by atoms with Crippen LogP contribution in [0.4, 0.5) is 5.69 Å². The number of nitrogens with zero attached hydrogens (tertiary/aromatic N) is 1. The number of likely N-dealkylation sites (N-methyl/N-ethyl adjacent to an activating group) is 1. The maximum Gasteiger partial charge on any atom is 0.329 e. The molecule has 0 aliphatic heterocycles. The summed E-state index contributed by atoms with van der Waals surface area (Å²) in [6, 6.07) is 10.1. The normalized spacial score (nSPS) is 10.5. The van der Waals surface area contributed by atoms with Gasteiger partial charge in [-0.15, -0.1) is 0 Å². The Bertz CT molecular complexity index is 1010. The highest BCUT2D eigenvalue weighted by Gasteiger charge is 2.12. The summed E-state index contributed by atoms with van der Waals surface area (Å²) in [6.45, 7) is 5.85. The second kappa shape index (κ2) is 12.3. The quantitative estimate of drug-likeness (QED) is 0.302. The van der Waals surface area contributed by atoms with Gasteiger partial charge in [0.2, 0.25) is 0 Å². The molecule has 0 radical (unpaired) electrons. The molecule has 0 aliphatic rings. The van der Waals surface area contributed by atoms with E-state index in [1.165, 1.54) is 6.21 Å². The molecule has 3 amide bonds. The van der Waals surface area contributed by atoms with E-state index in [0.29, 0.717) is 40.9 Å². The van der Waals surface area contributed by atoms with Crippen LogP contribution in [0.3, 0.4) is 0 Å². The molecule has 170 valence electrons. The zero-order valence-corrected chi connectivity index (χ0v) is 18.8. The largest absolute Gasteiger partial charge is 0.490 e. The Balaban J connectivity index is 2.00. The molecule has 0 aromatic heterocycles. The maximum atomic E-state index is 12.3. The van der Waals surface area contributed by atoms with Crippen LogP contribution in [0.2, 0.25) is 5.02 Å². The summed E-state index contributed by atoms with van der Waals surface area (Å²) < 4.78 is 11.2. The first-order valence-corrected chi connectivity index (χ1v) is 10.3. The molecule has 2 rings (SSSR count). The molecule has 32 heavy (non-hydrogen) atoms. The van der Waals surface area contributed by atoms with Crippen LogP contribution in [0.1, 0.15) is 25.0 Å². The Labute approximate surface area is 191 Å². The Morgan fingerprint density at radius 2 is 1.81 bits per heavy atom. The fraction of sp³-hybridized carbons (Fsp3) is 0.273. The molecule has 3 N–H and O–H groups in total. The fourth-order valence-electron chi connectivity index (χ4n) is 2.51. The highest BCUT2D eigenvalue weighted by Crippen LogP contribution is 2.28. The van der Waals surface area contributed by atoms with Gasteiger partial charge in [-0.2, -0.15) is 5.10 Å². The lowest BCUT2D eigenvalue weighted by molar-refractivity contribution is -0.139. The van der Waals surface area contributed by atoms with Gasteiger partial charge in [-0.3, -0.25) is 14.4 Å². The van der Waals surface area contributed by atoms with Crippen LogP contribution in [0.5, 0.6) is 11.5 Å². The molecule has 0 atom stereocenters. The van der Waals surface area contributed by atoms with E-state index in [2.05, 4.69) is 21.2 Å². The topological polar surface area (TPSA) is 118 Å². The number of aryl methyl sites for hydroxylation is 1. The lowest BCUT2D eigenvalue weighted by atomic mass is 10.2. The Hall–Kier alpha value is -3.59. The van der Waals surface area contributed by atoms with Crippen LogP contribution >= 0.6 is 11.6 Å². The third-order valence-corrected chi connectivity index (χ3v) is 4.26. The summed E-state index contributed by atoms with van der Waals surface area (Å²) in [4.78, 5) is 35.2. The number of hydrogen-bond acceptors (Lipinski definition) is 6. The summed E-state index contributed by atoms with van der Waals surface area (Å²) in [5.74, 6) is -1.22. The van der Waals surface area contributed by atoms with E-state index in [1.807, 2.05) is 19.9 Å². The lowest BCUT2D eigenvalue weighted by Gasteiger charge is -2.13. The number of benzene rings is 2. The SMILES string of the molecule is CCNC(=O)C(=O)N/N=C\c1ccc(OCC(=O)Nc2cc(Cl)ccc2C)c(OCC)c1. The summed E-state index contributed by atoms with van der Waals surface area (Å²) in [6.07, 6.45) is 1.36. The van der Waals surface area contributed by atoms with E-state index in [0.717, 1.165) is 5.56 Å². The van der Waals surface area contributed by atoms with E-state index >= 15 is 0 Å². The predicted molar refractivity (Wildman–Crippen MR) is 122 cm³/mol. The van der Waals surface area contributed by atoms with Crippen molar-refractivity contribution in [1.29, 1.82) is 0 Å². The van der Waals surface area contributed by atoms with Gasteiger partial charge in [0.25, 0.3) is 5.91 Å². The van der Waals surface area contributed by atoms with E-state index < -0.39 is 11.8 Å². The first-order valence-electron chi connectivity index (χ1n) is 9.90. The number of hydrogen-bond donors (Lipinski definition) is 3. The third kappa shape index (κ3) is 7.59. The van der Waals surface area contributed by atoms with Gasteiger partial charge < -0.3 is 20.1 Å². The number of carbonyl (C=O) groups is 3. The van der Waals surface area contributed by atoms with Crippen LogP contribution in [0, 0.1) is 6.92 Å². The number of hydrazone groups is 1. The van der Waals surface area contributed by atoms with E-state index in [1.54, 1.807) is 37.3 Å². The van der Waals surface area contributed by atoms with Crippen molar-refractivity contribution in [3.8, 4) is 11.5 Å². The Morgan fingerprint density at radius 1 is 1.03 bits per heavy atom. The van der Waals surface area contributed by atoms with Crippen molar-refractivity contribution < 1.29 is 23.9 Å². The minimum atomic E-state index is -0.867. The van der Waals surface area contributed by atoms with Crippen molar-refractivity contribution in [2.24, 2.45) is 5.10 Å². The summed E-state index contributed by atoms with van der Waals surface area (Å²) in [5.41, 5.74) is 4.22. The first kappa shape index (κ1) is 24.7. The number of anilines is 1. The Kier molecular flexibility index (Phi) is 9.49. The summed E-state index contributed by atoms with van der Waals surface area (Å²) in [5, 5.41) is 9.40. The zero-order valence-electron chi connectivity index (χ0n) is 18.0. The zero-order chi connectivity index (χ0) is 23.5. The molecule has 2 aromatic rings. The average molecular weight is 461 g/mol. The smallest absolute Gasteiger partial charge is 0.329 e. The van der Waals surface area contributed by atoms with Crippen molar-refractivity contribution in [1.82, 2.24) is 10.7 Å². The summed E-state index contributed by atoms with van der Waals surface area (Å²) in [7, 11) is 0. The van der Waals surface area contributed by atoms with Crippen LogP contribution in [-0.4, -0.2) is 43.7 Å². The lowest BCUT2D eigenvalue weighted by Crippen LogP contribution is -2.37. The molecule has 0 bridgehead atoms. The van der Waals surface area contributed by atoms with E-state index in [4.69, 9.17) is 21.1 Å². The van der Waals surface area contributed by atoms with Gasteiger partial charge in [-0.05, 0) is 62.2 Å². The van der Waals surface area contributed by atoms with Crippen molar-refractivity contribution in [3.63, 3.8) is 0 Å². The highest BCUT2D eigenvalue weighted by molar-refractivity contribution is 6.35. The molecule has 0 saturated heterocycles. The molecule has 10 heteroatoms. The number of ether oxygens (including phenoxy) is 2. The number of carbonyl (C=O) groups excluding carboxylic acids is 3. The Morgan fingerprint density at radius 3 is 2.53 bits per heavy atom. The van der Waals surface area contributed by atoms with Crippen LogP contribution in [-0.2, 0) is 14.4 Å². The fourth-order valence-corrected chi connectivity index (χ4v) is 2.68. The number of nitrogens with one attached hydrogen (secondary N) is 3. The van der Waals surface area contributed by atoms with Crippen LogP contribution in [0.15, 0.2) is 41.5 Å². The van der Waals surface area contributed by atoms with Crippen molar-refractivity contribution in [2.75, 3.05) is 25.1 Å². The van der Waals surface area contributed by atoms with Crippen molar-refractivity contribution >= 4 is 41.2 Å². The molecular formula is C22H25ClN4O5. The van der Waals surface area contributed by atoms with Crippen molar-refractivity contribution in [3.05, 3.63) is 52.5 Å². The second-order valence-corrected chi connectivity index (χ2v) is 6.93. The van der Waals surface area contributed by atoms with Gasteiger partial charge in [0.1, 0.15) is 0 Å². The first-order chi connectivity index (χ1) is 15.3. The van der Waals surface area contributed by atoms with Gasteiger partial charge in [0, 0.05) is 17.3 Å². The predicted octanol–water partition coefficient (Wildman–Crippen LogP) is 2.65. The molecular weight excluding hydrogens is 436 g/mol. The molecule has 0 saturated carbocycles. The van der Waals surface area contributed by atoms with Gasteiger partial charge in [0.05, 0.1) is 12.8 Å². The molecule has 2 aromatic carbocycles. The van der Waals surface area contributed by atoms with Gasteiger partial charge >= 0.3 is 11.8 Å². The van der Waals surface area contributed by atoms with Gasteiger partial charge in [-0.1, -0.05) is 17.7 Å². The van der Waals surface area contributed by atoms with Crippen LogP contribution < -0.4 is 25.5 Å². The molecule has 0 fully saturated rings. The van der Waals surface area contributed by atoms with Gasteiger partial charge in [-0.25, -0.2) is 5.43 Å². The summed E-state index contributed by atoms with van der Waals surface area (Å²) >= 11 is 5.97. The molecule has 0 heterocycles. The molecule has 0 unspecified atom stereocenters. The highest BCUT2D eigenvalue weighted by atomic mass is 35.5. The number of rotatable bonds is 9. The molecule has 0 aliphatic carbocycles. The minimum Gasteiger partial charge on any atom is -0.490 e.